The number of alkyl halides is 3. The Labute approximate surface area is 198 Å². The molecule has 1 amide bonds. The van der Waals surface area contributed by atoms with Crippen LogP contribution in [0.3, 0.4) is 0 Å². The predicted molar refractivity (Wildman–Crippen MR) is 114 cm³/mol. The number of hydrogen-bond donors (Lipinski definition) is 3. The summed E-state index contributed by atoms with van der Waals surface area (Å²) in [7, 11) is 0. The van der Waals surface area contributed by atoms with Crippen LogP contribution in [0.4, 0.5) is 4.79 Å². The number of esters is 2. The highest BCUT2D eigenvalue weighted by Crippen LogP contribution is 2.29. The van der Waals surface area contributed by atoms with Gasteiger partial charge in [-0.15, -0.1) is 0 Å². The fraction of sp³-hybridized carbons (Fsp3) is 0.500. The third-order valence-electron chi connectivity index (χ3n) is 4.05. The topological polar surface area (TPSA) is 120 Å². The first-order valence-corrected chi connectivity index (χ1v) is 10.5. The monoisotopic (exact) mass is 515 g/mol. The Morgan fingerprint density at radius 1 is 1.19 bits per heavy atom. The standard InChI is InChI=1S/C18H20Cl3NO8S/c1-9(23)27-7-11-14(31)13(30-15(24)10-5-3-2-4-6-10)12(16(25)29-11)22-17(26)28-8-18(19,20)21/h2-6,11-14,16,25,31H,7-8H2,1H3,(H,22,26)/t11-,12-,13-,14-,16+/m1/s1. The number of aliphatic hydroxyl groups excluding tert-OH is 1. The van der Waals surface area contributed by atoms with Crippen molar-refractivity contribution in [3.8, 4) is 0 Å². The number of aliphatic hydroxyl groups is 1. The lowest BCUT2D eigenvalue weighted by Crippen LogP contribution is -2.64. The number of amides is 1. The molecule has 0 radical (unpaired) electrons. The Bertz CT molecular complexity index is 779. The first kappa shape index (κ1) is 25.8. The molecule has 1 fully saturated rings. The fourth-order valence-electron chi connectivity index (χ4n) is 2.66. The zero-order valence-electron chi connectivity index (χ0n) is 16.1. The molecular weight excluding hydrogens is 497 g/mol. The van der Waals surface area contributed by atoms with Crippen molar-refractivity contribution in [2.24, 2.45) is 0 Å². The van der Waals surface area contributed by atoms with Gasteiger partial charge < -0.3 is 29.4 Å². The van der Waals surface area contributed by atoms with E-state index in [2.05, 4.69) is 17.9 Å². The van der Waals surface area contributed by atoms with E-state index in [0.717, 1.165) is 0 Å². The molecule has 2 N–H and O–H groups in total. The number of ether oxygens (including phenoxy) is 4. The van der Waals surface area contributed by atoms with Crippen molar-refractivity contribution < 1.29 is 38.4 Å². The average molecular weight is 517 g/mol. The molecule has 1 aromatic carbocycles. The maximum atomic E-state index is 12.6. The molecule has 0 saturated carbocycles. The molecule has 9 nitrogen and oxygen atoms in total. The number of rotatable bonds is 6. The lowest BCUT2D eigenvalue weighted by Gasteiger charge is -2.42. The molecular formula is C18H20Cl3NO8S. The Morgan fingerprint density at radius 3 is 2.42 bits per heavy atom. The number of benzene rings is 1. The molecule has 0 spiro atoms. The summed E-state index contributed by atoms with van der Waals surface area (Å²) in [5.41, 5.74) is 0.234. The van der Waals surface area contributed by atoms with E-state index in [4.69, 9.17) is 53.8 Å². The Hall–Kier alpha value is -1.43. The van der Waals surface area contributed by atoms with E-state index in [1.54, 1.807) is 18.2 Å². The number of carbonyl (C=O) groups is 3. The van der Waals surface area contributed by atoms with Gasteiger partial charge in [-0.1, -0.05) is 53.0 Å². The molecule has 0 unspecified atom stereocenters. The van der Waals surface area contributed by atoms with E-state index in [9.17, 15) is 19.5 Å². The van der Waals surface area contributed by atoms with Crippen LogP contribution >= 0.6 is 47.4 Å². The van der Waals surface area contributed by atoms with Crippen molar-refractivity contribution in [1.82, 2.24) is 5.32 Å². The van der Waals surface area contributed by atoms with E-state index in [-0.39, 0.29) is 12.2 Å². The van der Waals surface area contributed by atoms with E-state index in [1.807, 2.05) is 0 Å². The summed E-state index contributed by atoms with van der Waals surface area (Å²) >= 11 is 21.0. The summed E-state index contributed by atoms with van der Waals surface area (Å²) in [6, 6.07) is 6.77. The van der Waals surface area contributed by atoms with Gasteiger partial charge in [-0.25, -0.2) is 9.59 Å². The molecule has 1 saturated heterocycles. The van der Waals surface area contributed by atoms with Crippen molar-refractivity contribution in [3.05, 3.63) is 35.9 Å². The number of carbonyl (C=O) groups excluding carboxylic acids is 3. The van der Waals surface area contributed by atoms with Crippen molar-refractivity contribution in [2.75, 3.05) is 13.2 Å². The van der Waals surface area contributed by atoms with E-state index in [0.29, 0.717) is 0 Å². The van der Waals surface area contributed by atoms with Gasteiger partial charge in [0.25, 0.3) is 0 Å². The van der Waals surface area contributed by atoms with Gasteiger partial charge >= 0.3 is 18.0 Å². The SMILES string of the molecule is CC(=O)OC[C@H]1O[C@H](O)[C@H](NC(=O)OCC(Cl)(Cl)Cl)[C@@H](OC(=O)c2ccccc2)[C@@H]1S. The van der Waals surface area contributed by atoms with Gasteiger partial charge in [-0.05, 0) is 12.1 Å². The third kappa shape index (κ3) is 8.21. The molecule has 2 rings (SSSR count). The first-order valence-electron chi connectivity index (χ1n) is 8.89. The molecule has 0 aromatic heterocycles. The summed E-state index contributed by atoms with van der Waals surface area (Å²) in [5, 5.41) is 11.8. The van der Waals surface area contributed by atoms with Crippen molar-refractivity contribution >= 4 is 65.5 Å². The zero-order chi connectivity index (χ0) is 23.2. The van der Waals surface area contributed by atoms with Crippen molar-refractivity contribution in [2.45, 2.75) is 40.5 Å². The number of hydrogen-bond acceptors (Lipinski definition) is 9. The summed E-state index contributed by atoms with van der Waals surface area (Å²) < 4.78 is 18.8. The summed E-state index contributed by atoms with van der Waals surface area (Å²) in [6.07, 6.45) is -4.84. The second kappa shape index (κ2) is 11.4. The molecule has 172 valence electrons. The zero-order valence-corrected chi connectivity index (χ0v) is 19.2. The quantitative estimate of drug-likeness (QED) is 0.228. The molecule has 1 aliphatic heterocycles. The lowest BCUT2D eigenvalue weighted by atomic mass is 9.99. The second-order valence-electron chi connectivity index (χ2n) is 6.46. The highest BCUT2D eigenvalue weighted by atomic mass is 35.6. The average Bonchev–Trinajstić information content (AvgIpc) is 2.70. The van der Waals surface area contributed by atoms with Gasteiger partial charge in [0.2, 0.25) is 3.79 Å². The maximum Gasteiger partial charge on any atom is 0.407 e. The van der Waals surface area contributed by atoms with Crippen LogP contribution in [0.15, 0.2) is 30.3 Å². The summed E-state index contributed by atoms with van der Waals surface area (Å²) in [5.74, 6) is -1.31. The van der Waals surface area contributed by atoms with Crippen LogP contribution in [0.1, 0.15) is 17.3 Å². The number of halogens is 3. The highest BCUT2D eigenvalue weighted by Gasteiger charge is 2.47. The lowest BCUT2D eigenvalue weighted by molar-refractivity contribution is -0.213. The molecule has 1 heterocycles. The summed E-state index contributed by atoms with van der Waals surface area (Å²) in [6.45, 7) is 0.371. The molecule has 31 heavy (non-hydrogen) atoms. The predicted octanol–water partition coefficient (Wildman–Crippen LogP) is 2.26. The largest absolute Gasteiger partial charge is 0.463 e. The second-order valence-corrected chi connectivity index (χ2v) is 9.57. The summed E-state index contributed by atoms with van der Waals surface area (Å²) in [4.78, 5) is 35.8. The van der Waals surface area contributed by atoms with Crippen LogP contribution in [-0.4, -0.2) is 69.9 Å². The van der Waals surface area contributed by atoms with E-state index >= 15 is 0 Å². The van der Waals surface area contributed by atoms with Gasteiger partial charge in [0.1, 0.15) is 31.5 Å². The minimum atomic E-state index is -1.85. The van der Waals surface area contributed by atoms with E-state index < -0.39 is 58.2 Å². The highest BCUT2D eigenvalue weighted by molar-refractivity contribution is 7.81. The molecule has 0 bridgehead atoms. The van der Waals surface area contributed by atoms with Gasteiger partial charge in [-0.3, -0.25) is 4.79 Å². The molecule has 13 heteroatoms. The van der Waals surface area contributed by atoms with Gasteiger partial charge in [-0.2, -0.15) is 12.6 Å². The van der Waals surface area contributed by atoms with Crippen LogP contribution < -0.4 is 5.32 Å². The minimum absolute atomic E-state index is 0.234. The number of nitrogens with one attached hydrogen (secondary N) is 1. The smallest absolute Gasteiger partial charge is 0.407 e. The number of alkyl carbamates (subject to hydrolysis) is 1. The fourth-order valence-corrected chi connectivity index (χ4v) is 3.22. The maximum absolute atomic E-state index is 12.6. The number of thiol groups is 1. The molecule has 1 aromatic rings. The van der Waals surface area contributed by atoms with Crippen LogP contribution in [0.5, 0.6) is 0 Å². The van der Waals surface area contributed by atoms with Crippen LogP contribution in [0.25, 0.3) is 0 Å². The molecule has 1 aliphatic rings. The van der Waals surface area contributed by atoms with Gasteiger partial charge in [0, 0.05) is 6.92 Å². The first-order chi connectivity index (χ1) is 14.5. The van der Waals surface area contributed by atoms with Crippen molar-refractivity contribution in [1.29, 1.82) is 0 Å². The van der Waals surface area contributed by atoms with Crippen molar-refractivity contribution in [3.63, 3.8) is 0 Å². The van der Waals surface area contributed by atoms with E-state index in [1.165, 1.54) is 19.1 Å². The van der Waals surface area contributed by atoms with Gasteiger partial charge in [0.15, 0.2) is 6.29 Å². The third-order valence-corrected chi connectivity index (χ3v) is 5.00. The Kier molecular flexibility index (Phi) is 9.53. The Balaban J connectivity index is 2.18. The minimum Gasteiger partial charge on any atom is -0.463 e. The van der Waals surface area contributed by atoms with Crippen LogP contribution in [0, 0.1) is 0 Å². The van der Waals surface area contributed by atoms with Crippen LogP contribution in [-0.2, 0) is 23.7 Å². The van der Waals surface area contributed by atoms with Crippen LogP contribution in [0.2, 0.25) is 0 Å². The normalized spacial score (nSPS) is 25.9. The molecule has 5 atom stereocenters. The Morgan fingerprint density at radius 2 is 1.84 bits per heavy atom. The van der Waals surface area contributed by atoms with Gasteiger partial charge in [0.05, 0.1) is 10.8 Å². The molecule has 0 aliphatic carbocycles.